The number of fused-ring (bicyclic) bond motifs is 1. The van der Waals surface area contributed by atoms with Crippen molar-refractivity contribution in [1.82, 2.24) is 4.98 Å². The first-order chi connectivity index (χ1) is 6.18. The zero-order valence-electron chi connectivity index (χ0n) is 7.08. The maximum absolute atomic E-state index is 9.57. The van der Waals surface area contributed by atoms with Gasteiger partial charge in [-0.25, -0.2) is 0 Å². The van der Waals surface area contributed by atoms with Gasteiger partial charge in [0.05, 0.1) is 10.9 Å². The quantitative estimate of drug-likeness (QED) is 0.765. The van der Waals surface area contributed by atoms with Crippen molar-refractivity contribution in [3.8, 4) is 5.75 Å². The monoisotopic (exact) mass is 237 g/mol. The molecular weight excluding hydrogens is 230 g/mol. The fourth-order valence-electron chi connectivity index (χ4n) is 1.34. The molecule has 1 aromatic carbocycles. The lowest BCUT2D eigenvalue weighted by Gasteiger charge is -2.03. The van der Waals surface area contributed by atoms with Gasteiger partial charge in [-0.3, -0.25) is 4.98 Å². The number of hydrogen-bond acceptors (Lipinski definition) is 2. The highest BCUT2D eigenvalue weighted by Crippen LogP contribution is 2.30. The van der Waals surface area contributed by atoms with Crippen molar-refractivity contribution < 1.29 is 5.11 Å². The maximum atomic E-state index is 9.57. The molecule has 0 saturated carbocycles. The second-order valence-corrected chi connectivity index (χ2v) is 3.77. The van der Waals surface area contributed by atoms with Crippen LogP contribution in [0, 0.1) is 6.92 Å². The van der Waals surface area contributed by atoms with Crippen molar-refractivity contribution in [2.75, 3.05) is 0 Å². The fraction of sp³-hybridized carbons (Fsp3) is 0.100. The first-order valence-corrected chi connectivity index (χ1v) is 4.72. The Morgan fingerprint density at radius 3 is 2.92 bits per heavy atom. The Labute approximate surface area is 84.4 Å². The molecule has 0 fully saturated rings. The van der Waals surface area contributed by atoms with Gasteiger partial charge in [-0.1, -0.05) is 6.07 Å². The summed E-state index contributed by atoms with van der Waals surface area (Å²) in [6.45, 7) is 1.92. The van der Waals surface area contributed by atoms with Crippen LogP contribution in [0.2, 0.25) is 0 Å². The molecule has 3 heteroatoms. The number of aryl methyl sites for hydroxylation is 1. The Bertz CT molecular complexity index is 468. The van der Waals surface area contributed by atoms with E-state index in [1.54, 1.807) is 12.1 Å². The van der Waals surface area contributed by atoms with E-state index in [2.05, 4.69) is 20.9 Å². The van der Waals surface area contributed by atoms with Gasteiger partial charge in [-0.2, -0.15) is 0 Å². The largest absolute Gasteiger partial charge is 0.507 e. The zero-order chi connectivity index (χ0) is 9.42. The number of phenols is 1. The fourth-order valence-corrected chi connectivity index (χ4v) is 2.08. The van der Waals surface area contributed by atoms with Crippen molar-refractivity contribution >= 4 is 26.8 Å². The predicted octanol–water partition coefficient (Wildman–Crippen LogP) is 3.01. The molecule has 0 radical (unpaired) electrons. The van der Waals surface area contributed by atoms with Crippen LogP contribution in [0.25, 0.3) is 10.9 Å². The van der Waals surface area contributed by atoms with E-state index in [9.17, 15) is 5.11 Å². The van der Waals surface area contributed by atoms with Crippen LogP contribution in [0.4, 0.5) is 0 Å². The van der Waals surface area contributed by atoms with E-state index < -0.39 is 0 Å². The molecule has 0 spiro atoms. The van der Waals surface area contributed by atoms with Crippen LogP contribution in [0.1, 0.15) is 5.69 Å². The molecule has 0 bridgehead atoms. The summed E-state index contributed by atoms with van der Waals surface area (Å²) in [5, 5.41) is 10.3. The van der Waals surface area contributed by atoms with Crippen molar-refractivity contribution in [3.63, 3.8) is 0 Å². The molecule has 66 valence electrons. The first-order valence-electron chi connectivity index (χ1n) is 3.93. The highest BCUT2D eigenvalue weighted by atomic mass is 79.9. The SMILES string of the molecule is Cc1cc(Br)c2c(O)cccc2n1. The molecule has 2 nitrogen and oxygen atoms in total. The minimum Gasteiger partial charge on any atom is -0.507 e. The number of phenolic OH excluding ortho intramolecular Hbond substituents is 1. The van der Waals surface area contributed by atoms with Crippen LogP contribution in [-0.4, -0.2) is 10.1 Å². The number of aromatic hydroxyl groups is 1. The van der Waals surface area contributed by atoms with E-state index >= 15 is 0 Å². The van der Waals surface area contributed by atoms with E-state index in [-0.39, 0.29) is 5.75 Å². The minimum absolute atomic E-state index is 0.261. The molecule has 0 amide bonds. The van der Waals surface area contributed by atoms with E-state index in [0.717, 1.165) is 21.1 Å². The summed E-state index contributed by atoms with van der Waals surface area (Å²) in [6.07, 6.45) is 0. The highest BCUT2D eigenvalue weighted by Gasteiger charge is 2.04. The highest BCUT2D eigenvalue weighted by molar-refractivity contribution is 9.10. The Hall–Kier alpha value is -1.09. The number of rotatable bonds is 0. The summed E-state index contributed by atoms with van der Waals surface area (Å²) in [6, 6.07) is 7.22. The molecule has 13 heavy (non-hydrogen) atoms. The number of aromatic nitrogens is 1. The summed E-state index contributed by atoms with van der Waals surface area (Å²) in [5.74, 6) is 0.261. The van der Waals surface area contributed by atoms with E-state index in [4.69, 9.17) is 0 Å². The first kappa shape index (κ1) is 8.51. The minimum atomic E-state index is 0.261. The third-order valence-electron chi connectivity index (χ3n) is 1.89. The molecule has 0 aliphatic rings. The molecule has 0 aliphatic heterocycles. The van der Waals surface area contributed by atoms with Gasteiger partial charge in [0.1, 0.15) is 5.75 Å². The van der Waals surface area contributed by atoms with Gasteiger partial charge in [0.25, 0.3) is 0 Å². The lowest BCUT2D eigenvalue weighted by Crippen LogP contribution is -1.84. The van der Waals surface area contributed by atoms with Gasteiger partial charge >= 0.3 is 0 Å². The standard InChI is InChI=1S/C10H8BrNO/c1-6-5-7(11)10-8(12-6)3-2-4-9(10)13/h2-5,13H,1H3. The van der Waals surface area contributed by atoms with Crippen molar-refractivity contribution in [2.45, 2.75) is 6.92 Å². The van der Waals surface area contributed by atoms with Crippen LogP contribution >= 0.6 is 15.9 Å². The number of hydrogen-bond donors (Lipinski definition) is 1. The second kappa shape index (κ2) is 3.00. The molecule has 1 aromatic heterocycles. The third kappa shape index (κ3) is 1.40. The van der Waals surface area contributed by atoms with Gasteiger partial charge in [0.2, 0.25) is 0 Å². The molecular formula is C10H8BrNO. The predicted molar refractivity (Wildman–Crippen MR) is 55.8 cm³/mol. The number of halogens is 1. The topological polar surface area (TPSA) is 33.1 Å². The maximum Gasteiger partial charge on any atom is 0.126 e. The van der Waals surface area contributed by atoms with E-state index in [1.165, 1.54) is 0 Å². The summed E-state index contributed by atoms with van der Waals surface area (Å²) in [7, 11) is 0. The summed E-state index contributed by atoms with van der Waals surface area (Å²) < 4.78 is 0.883. The Morgan fingerprint density at radius 2 is 2.15 bits per heavy atom. The number of pyridine rings is 1. The molecule has 0 unspecified atom stereocenters. The van der Waals surface area contributed by atoms with Gasteiger partial charge in [0.15, 0.2) is 0 Å². The van der Waals surface area contributed by atoms with Crippen molar-refractivity contribution in [3.05, 3.63) is 34.4 Å². The lowest BCUT2D eigenvalue weighted by atomic mass is 10.2. The molecule has 0 aliphatic carbocycles. The lowest BCUT2D eigenvalue weighted by molar-refractivity contribution is 0.481. The van der Waals surface area contributed by atoms with Crippen LogP contribution in [0.15, 0.2) is 28.7 Å². The van der Waals surface area contributed by atoms with Crippen LogP contribution < -0.4 is 0 Å². The van der Waals surface area contributed by atoms with Crippen molar-refractivity contribution in [2.24, 2.45) is 0 Å². The zero-order valence-corrected chi connectivity index (χ0v) is 8.67. The molecule has 0 atom stereocenters. The molecule has 2 rings (SSSR count). The average Bonchev–Trinajstić information content (AvgIpc) is 2.02. The summed E-state index contributed by atoms with van der Waals surface area (Å²) in [4.78, 5) is 4.31. The molecule has 1 heterocycles. The van der Waals surface area contributed by atoms with Crippen LogP contribution in [0.3, 0.4) is 0 Å². The van der Waals surface area contributed by atoms with Gasteiger partial charge in [-0.05, 0) is 41.1 Å². The van der Waals surface area contributed by atoms with Gasteiger partial charge < -0.3 is 5.11 Å². The average molecular weight is 238 g/mol. The van der Waals surface area contributed by atoms with E-state index in [0.29, 0.717) is 0 Å². The molecule has 0 saturated heterocycles. The summed E-state index contributed by atoms with van der Waals surface area (Å²) in [5.41, 5.74) is 1.75. The number of nitrogens with zero attached hydrogens (tertiary/aromatic N) is 1. The summed E-state index contributed by atoms with van der Waals surface area (Å²) >= 11 is 3.40. The normalized spacial score (nSPS) is 10.6. The second-order valence-electron chi connectivity index (χ2n) is 2.92. The molecule has 2 aromatic rings. The Kier molecular flexibility index (Phi) is 1.96. The van der Waals surface area contributed by atoms with Crippen LogP contribution in [0.5, 0.6) is 5.75 Å². The van der Waals surface area contributed by atoms with Gasteiger partial charge in [-0.15, -0.1) is 0 Å². The van der Waals surface area contributed by atoms with E-state index in [1.807, 2.05) is 19.1 Å². The van der Waals surface area contributed by atoms with Gasteiger partial charge in [0, 0.05) is 10.2 Å². The Balaban J connectivity index is 2.94. The Morgan fingerprint density at radius 1 is 1.38 bits per heavy atom. The number of benzene rings is 1. The van der Waals surface area contributed by atoms with Crippen LogP contribution in [-0.2, 0) is 0 Å². The van der Waals surface area contributed by atoms with Crippen molar-refractivity contribution in [1.29, 1.82) is 0 Å². The third-order valence-corrected chi connectivity index (χ3v) is 2.52. The molecule has 1 N–H and O–H groups in total. The smallest absolute Gasteiger partial charge is 0.126 e.